The first kappa shape index (κ1) is 18.7. The molecule has 0 atom stereocenters. The Hall–Kier alpha value is -3.35. The predicted molar refractivity (Wildman–Crippen MR) is 108 cm³/mol. The van der Waals surface area contributed by atoms with Crippen LogP contribution in [0.1, 0.15) is 36.4 Å². The zero-order valence-electron chi connectivity index (χ0n) is 16.1. The standard InChI is InChI=1S/C23H18F3N3O/c1-30-19-5-3-2-4-16(19)18-12-17(22(25)26)20-21(13-6-7-13)28-29(23(20)27-18)15-10-8-14(24)9-11-15/h2-5,8-13,22H,6-7H2,1H3. The molecule has 0 N–H and O–H groups in total. The van der Waals surface area contributed by atoms with Gasteiger partial charge >= 0.3 is 0 Å². The second kappa shape index (κ2) is 7.16. The van der Waals surface area contributed by atoms with Crippen molar-refractivity contribution < 1.29 is 17.9 Å². The minimum Gasteiger partial charge on any atom is -0.496 e. The van der Waals surface area contributed by atoms with Crippen LogP contribution >= 0.6 is 0 Å². The average molecular weight is 409 g/mol. The minimum absolute atomic E-state index is 0.101. The highest BCUT2D eigenvalue weighted by Crippen LogP contribution is 2.45. The Balaban J connectivity index is 1.83. The van der Waals surface area contributed by atoms with Crippen LogP contribution in [0, 0.1) is 5.82 Å². The number of methoxy groups -OCH3 is 1. The Morgan fingerprint density at radius 2 is 1.80 bits per heavy atom. The highest BCUT2D eigenvalue weighted by Gasteiger charge is 2.33. The van der Waals surface area contributed by atoms with Gasteiger partial charge in [0.2, 0.25) is 0 Å². The van der Waals surface area contributed by atoms with E-state index in [1.165, 1.54) is 30.0 Å². The second-order valence-electron chi connectivity index (χ2n) is 7.34. The van der Waals surface area contributed by atoms with Crippen LogP contribution < -0.4 is 4.74 Å². The molecule has 30 heavy (non-hydrogen) atoms. The average Bonchev–Trinajstić information content (AvgIpc) is 3.54. The monoisotopic (exact) mass is 409 g/mol. The van der Waals surface area contributed by atoms with Crippen molar-refractivity contribution in [1.82, 2.24) is 14.8 Å². The van der Waals surface area contributed by atoms with E-state index >= 15 is 0 Å². The first-order valence-electron chi connectivity index (χ1n) is 9.68. The maximum atomic E-state index is 14.2. The number of fused-ring (bicyclic) bond motifs is 1. The van der Waals surface area contributed by atoms with Gasteiger partial charge in [-0.3, -0.25) is 0 Å². The number of hydrogen-bond acceptors (Lipinski definition) is 3. The van der Waals surface area contributed by atoms with E-state index in [2.05, 4.69) is 5.10 Å². The van der Waals surface area contributed by atoms with Gasteiger partial charge < -0.3 is 4.74 Å². The summed E-state index contributed by atoms with van der Waals surface area (Å²) in [6.45, 7) is 0. The molecular weight excluding hydrogens is 391 g/mol. The van der Waals surface area contributed by atoms with Crippen LogP contribution in [-0.2, 0) is 0 Å². The SMILES string of the molecule is COc1ccccc1-c1cc(C(F)F)c2c(C3CC3)nn(-c3ccc(F)cc3)c2n1. The van der Waals surface area contributed by atoms with E-state index in [0.717, 1.165) is 12.8 Å². The molecule has 2 aromatic carbocycles. The maximum Gasteiger partial charge on any atom is 0.264 e. The fourth-order valence-electron chi connectivity index (χ4n) is 3.74. The molecule has 2 aromatic heterocycles. The number of para-hydroxylation sites is 1. The minimum atomic E-state index is -2.69. The molecular formula is C23H18F3N3O. The van der Waals surface area contributed by atoms with Crippen molar-refractivity contribution in [3.05, 3.63) is 71.7 Å². The summed E-state index contributed by atoms with van der Waals surface area (Å²) in [5, 5.41) is 5.02. The van der Waals surface area contributed by atoms with Crippen molar-refractivity contribution in [1.29, 1.82) is 0 Å². The molecule has 0 amide bonds. The van der Waals surface area contributed by atoms with Gasteiger partial charge in [0.1, 0.15) is 11.6 Å². The number of aromatic nitrogens is 3. The van der Waals surface area contributed by atoms with Crippen LogP contribution in [0.3, 0.4) is 0 Å². The van der Waals surface area contributed by atoms with E-state index < -0.39 is 6.43 Å². The largest absolute Gasteiger partial charge is 0.496 e. The Morgan fingerprint density at radius 1 is 1.07 bits per heavy atom. The lowest BCUT2D eigenvalue weighted by Crippen LogP contribution is -2.00. The van der Waals surface area contributed by atoms with Crippen molar-refractivity contribution >= 4 is 11.0 Å². The lowest BCUT2D eigenvalue weighted by Gasteiger charge is -2.11. The zero-order valence-corrected chi connectivity index (χ0v) is 16.1. The molecule has 2 heterocycles. The van der Waals surface area contributed by atoms with Gasteiger partial charge in [-0.25, -0.2) is 22.8 Å². The summed E-state index contributed by atoms with van der Waals surface area (Å²) in [7, 11) is 1.53. The van der Waals surface area contributed by atoms with Gasteiger partial charge in [0.15, 0.2) is 5.65 Å². The molecule has 1 fully saturated rings. The van der Waals surface area contributed by atoms with E-state index in [4.69, 9.17) is 9.72 Å². The number of rotatable bonds is 5. The fourth-order valence-corrected chi connectivity index (χ4v) is 3.74. The molecule has 0 aliphatic heterocycles. The van der Waals surface area contributed by atoms with Gasteiger partial charge in [-0.05, 0) is 55.3 Å². The van der Waals surface area contributed by atoms with Crippen molar-refractivity contribution in [3.8, 4) is 22.7 Å². The fraction of sp³-hybridized carbons (Fsp3) is 0.217. The van der Waals surface area contributed by atoms with E-state index in [1.54, 1.807) is 30.3 Å². The molecule has 0 saturated heterocycles. The first-order valence-corrected chi connectivity index (χ1v) is 9.68. The molecule has 0 spiro atoms. The van der Waals surface area contributed by atoms with Gasteiger partial charge in [0, 0.05) is 17.0 Å². The molecule has 4 nitrogen and oxygen atoms in total. The number of alkyl halides is 2. The summed E-state index contributed by atoms with van der Waals surface area (Å²) in [5.41, 5.74) is 2.42. The third-order valence-corrected chi connectivity index (χ3v) is 5.35. The molecule has 1 aliphatic carbocycles. The molecule has 4 aromatic rings. The molecule has 0 unspecified atom stereocenters. The van der Waals surface area contributed by atoms with Crippen molar-refractivity contribution in [2.45, 2.75) is 25.2 Å². The Morgan fingerprint density at radius 3 is 2.47 bits per heavy atom. The number of ether oxygens (including phenoxy) is 1. The lowest BCUT2D eigenvalue weighted by atomic mass is 10.0. The number of benzene rings is 2. The number of hydrogen-bond donors (Lipinski definition) is 0. The van der Waals surface area contributed by atoms with Crippen molar-refractivity contribution in [3.63, 3.8) is 0 Å². The normalized spacial score (nSPS) is 13.9. The second-order valence-corrected chi connectivity index (χ2v) is 7.34. The van der Waals surface area contributed by atoms with Crippen LogP contribution in [0.2, 0.25) is 0 Å². The summed E-state index contributed by atoms with van der Waals surface area (Å²) in [6.07, 6.45) is -0.869. The van der Waals surface area contributed by atoms with Crippen LogP contribution in [0.25, 0.3) is 28.0 Å². The Labute approximate surface area is 170 Å². The molecule has 152 valence electrons. The topological polar surface area (TPSA) is 39.9 Å². The van der Waals surface area contributed by atoms with Gasteiger partial charge in [-0.2, -0.15) is 5.10 Å². The molecule has 1 saturated carbocycles. The van der Waals surface area contributed by atoms with Gasteiger partial charge in [0.25, 0.3) is 6.43 Å². The molecule has 5 rings (SSSR count). The van der Waals surface area contributed by atoms with Crippen LogP contribution in [0.15, 0.2) is 54.6 Å². The van der Waals surface area contributed by atoms with Crippen molar-refractivity contribution in [2.75, 3.05) is 7.11 Å². The van der Waals surface area contributed by atoms with Gasteiger partial charge in [-0.15, -0.1) is 0 Å². The number of halogens is 3. The van der Waals surface area contributed by atoms with E-state index in [9.17, 15) is 13.2 Å². The maximum absolute atomic E-state index is 14.2. The summed E-state index contributed by atoms with van der Waals surface area (Å²) >= 11 is 0. The highest BCUT2D eigenvalue weighted by atomic mass is 19.3. The summed E-state index contributed by atoms with van der Waals surface area (Å²) in [5.74, 6) is 0.305. The number of pyridine rings is 1. The molecule has 1 aliphatic rings. The third-order valence-electron chi connectivity index (χ3n) is 5.35. The van der Waals surface area contributed by atoms with E-state index in [-0.39, 0.29) is 17.3 Å². The van der Waals surface area contributed by atoms with Crippen LogP contribution in [0.5, 0.6) is 5.75 Å². The van der Waals surface area contributed by atoms with E-state index in [0.29, 0.717) is 39.4 Å². The summed E-state index contributed by atoms with van der Waals surface area (Å²) in [6, 6.07) is 14.3. The summed E-state index contributed by atoms with van der Waals surface area (Å²) in [4.78, 5) is 4.72. The van der Waals surface area contributed by atoms with Crippen LogP contribution in [-0.4, -0.2) is 21.9 Å². The van der Waals surface area contributed by atoms with Gasteiger partial charge in [0.05, 0.1) is 29.6 Å². The molecule has 0 radical (unpaired) electrons. The Kier molecular flexibility index (Phi) is 4.46. The van der Waals surface area contributed by atoms with Crippen molar-refractivity contribution in [2.24, 2.45) is 0 Å². The molecule has 7 heteroatoms. The predicted octanol–water partition coefficient (Wildman–Crippen LogP) is 6.05. The quantitative estimate of drug-likeness (QED) is 0.403. The van der Waals surface area contributed by atoms with Gasteiger partial charge in [-0.1, -0.05) is 12.1 Å². The third kappa shape index (κ3) is 3.10. The Bertz CT molecular complexity index is 1230. The smallest absolute Gasteiger partial charge is 0.264 e. The van der Waals surface area contributed by atoms with Crippen LogP contribution in [0.4, 0.5) is 13.2 Å². The number of nitrogens with zero attached hydrogens (tertiary/aromatic N) is 3. The first-order chi connectivity index (χ1) is 14.6. The van der Waals surface area contributed by atoms with E-state index in [1.807, 2.05) is 6.07 Å². The zero-order chi connectivity index (χ0) is 20.8. The highest BCUT2D eigenvalue weighted by molar-refractivity contribution is 5.88. The lowest BCUT2D eigenvalue weighted by molar-refractivity contribution is 0.153. The summed E-state index contributed by atoms with van der Waals surface area (Å²) < 4.78 is 48.7. The molecule has 0 bridgehead atoms.